The van der Waals surface area contributed by atoms with Crippen molar-refractivity contribution in [1.82, 2.24) is 9.62 Å². The molecule has 0 aromatic heterocycles. The SMILES string of the molecule is CC(C)CN1CCOC(CNS(=O)(=O)c2ccc3c(c2)CCCC3)C1. The van der Waals surface area contributed by atoms with Crippen molar-refractivity contribution >= 4 is 10.0 Å². The second kappa shape index (κ2) is 8.16. The van der Waals surface area contributed by atoms with Crippen LogP contribution in [0.2, 0.25) is 0 Å². The van der Waals surface area contributed by atoms with Gasteiger partial charge in [0.1, 0.15) is 0 Å². The third-order valence-corrected chi connectivity index (χ3v) is 6.40. The predicted molar refractivity (Wildman–Crippen MR) is 99.3 cm³/mol. The van der Waals surface area contributed by atoms with Gasteiger partial charge in [0.2, 0.25) is 10.0 Å². The lowest BCUT2D eigenvalue weighted by Crippen LogP contribution is -2.48. The fourth-order valence-electron chi connectivity index (χ4n) is 3.75. The van der Waals surface area contributed by atoms with E-state index in [1.807, 2.05) is 12.1 Å². The van der Waals surface area contributed by atoms with Crippen LogP contribution in [0.25, 0.3) is 0 Å². The number of rotatable bonds is 6. The summed E-state index contributed by atoms with van der Waals surface area (Å²) in [5.41, 5.74) is 2.48. The van der Waals surface area contributed by atoms with Crippen LogP contribution in [-0.4, -0.2) is 52.2 Å². The highest BCUT2D eigenvalue weighted by Crippen LogP contribution is 2.24. The van der Waals surface area contributed by atoms with E-state index in [1.54, 1.807) is 6.07 Å². The second-order valence-corrected chi connectivity index (χ2v) is 9.40. The zero-order valence-corrected chi connectivity index (χ0v) is 16.1. The van der Waals surface area contributed by atoms with Crippen molar-refractivity contribution in [3.63, 3.8) is 0 Å². The molecule has 1 aromatic rings. The molecule has 1 unspecified atom stereocenters. The molecule has 25 heavy (non-hydrogen) atoms. The zero-order valence-electron chi connectivity index (χ0n) is 15.3. The first kappa shape index (κ1) is 18.8. The Hall–Kier alpha value is -0.950. The molecule has 0 spiro atoms. The molecule has 1 aliphatic heterocycles. The largest absolute Gasteiger partial charge is 0.374 e. The Labute approximate surface area is 151 Å². The average molecular weight is 367 g/mol. The molecule has 2 aliphatic rings. The maximum Gasteiger partial charge on any atom is 0.240 e. The van der Waals surface area contributed by atoms with E-state index in [1.165, 1.54) is 17.5 Å². The molecule has 1 heterocycles. The molecular weight excluding hydrogens is 336 g/mol. The summed E-state index contributed by atoms with van der Waals surface area (Å²) >= 11 is 0. The van der Waals surface area contributed by atoms with E-state index >= 15 is 0 Å². The van der Waals surface area contributed by atoms with Gasteiger partial charge in [-0.3, -0.25) is 4.90 Å². The van der Waals surface area contributed by atoms with E-state index in [0.29, 0.717) is 24.0 Å². The van der Waals surface area contributed by atoms with Crippen LogP contribution >= 0.6 is 0 Å². The fourth-order valence-corrected chi connectivity index (χ4v) is 4.87. The molecule has 0 amide bonds. The smallest absolute Gasteiger partial charge is 0.240 e. The first-order valence-electron chi connectivity index (χ1n) is 9.39. The Morgan fingerprint density at radius 1 is 1.24 bits per heavy atom. The minimum Gasteiger partial charge on any atom is -0.374 e. The third-order valence-electron chi connectivity index (χ3n) is 4.98. The molecule has 0 saturated carbocycles. The molecule has 1 N–H and O–H groups in total. The summed E-state index contributed by atoms with van der Waals surface area (Å²) in [6.45, 7) is 8.12. The van der Waals surface area contributed by atoms with E-state index in [2.05, 4.69) is 23.5 Å². The molecule has 0 radical (unpaired) electrons. The maximum atomic E-state index is 12.6. The zero-order chi connectivity index (χ0) is 17.9. The number of morpholine rings is 1. The second-order valence-electron chi connectivity index (χ2n) is 7.64. The maximum absolute atomic E-state index is 12.6. The molecule has 6 heteroatoms. The Morgan fingerprint density at radius 3 is 2.76 bits per heavy atom. The van der Waals surface area contributed by atoms with Crippen LogP contribution < -0.4 is 4.72 Å². The summed E-state index contributed by atoms with van der Waals surface area (Å²) in [4.78, 5) is 2.73. The lowest BCUT2D eigenvalue weighted by molar-refractivity contribution is -0.0280. The standard InChI is InChI=1S/C19H30N2O3S/c1-15(2)13-21-9-10-24-18(14-21)12-20-25(22,23)19-8-7-16-5-3-4-6-17(16)11-19/h7-8,11,15,18,20H,3-6,9-10,12-14H2,1-2H3. The molecule has 1 saturated heterocycles. The summed E-state index contributed by atoms with van der Waals surface area (Å²) in [6.07, 6.45) is 4.30. The molecule has 0 bridgehead atoms. The van der Waals surface area contributed by atoms with Crippen LogP contribution in [0.5, 0.6) is 0 Å². The van der Waals surface area contributed by atoms with Crippen LogP contribution in [0.15, 0.2) is 23.1 Å². The minimum atomic E-state index is -3.48. The van der Waals surface area contributed by atoms with Crippen molar-refractivity contribution in [2.24, 2.45) is 5.92 Å². The van der Waals surface area contributed by atoms with Gasteiger partial charge < -0.3 is 4.74 Å². The quantitative estimate of drug-likeness (QED) is 0.839. The van der Waals surface area contributed by atoms with Crippen molar-refractivity contribution in [3.8, 4) is 0 Å². The number of nitrogens with one attached hydrogen (secondary N) is 1. The average Bonchev–Trinajstić information content (AvgIpc) is 2.59. The van der Waals surface area contributed by atoms with Gasteiger partial charge in [-0.05, 0) is 54.9 Å². The van der Waals surface area contributed by atoms with E-state index in [4.69, 9.17) is 4.74 Å². The van der Waals surface area contributed by atoms with Gasteiger partial charge in [0.05, 0.1) is 17.6 Å². The number of sulfonamides is 1. The molecule has 1 fully saturated rings. The van der Waals surface area contributed by atoms with Gasteiger partial charge in [0.15, 0.2) is 0 Å². The van der Waals surface area contributed by atoms with Gasteiger partial charge in [0, 0.05) is 26.2 Å². The highest BCUT2D eigenvalue weighted by atomic mass is 32.2. The number of fused-ring (bicyclic) bond motifs is 1. The van der Waals surface area contributed by atoms with Gasteiger partial charge in [0.25, 0.3) is 0 Å². The Kier molecular flexibility index (Phi) is 6.15. The van der Waals surface area contributed by atoms with Crippen molar-refractivity contribution in [3.05, 3.63) is 29.3 Å². The van der Waals surface area contributed by atoms with Crippen LogP contribution in [0.1, 0.15) is 37.8 Å². The molecule has 1 aliphatic carbocycles. The molecule has 140 valence electrons. The highest BCUT2D eigenvalue weighted by Gasteiger charge is 2.24. The molecule has 5 nitrogen and oxygen atoms in total. The minimum absolute atomic E-state index is 0.0834. The first-order chi connectivity index (χ1) is 11.9. The summed E-state index contributed by atoms with van der Waals surface area (Å²) in [5, 5.41) is 0. The van der Waals surface area contributed by atoms with E-state index in [0.717, 1.165) is 38.9 Å². The summed E-state index contributed by atoms with van der Waals surface area (Å²) < 4.78 is 33.8. The number of hydrogen-bond donors (Lipinski definition) is 1. The molecular formula is C19H30N2O3S. The number of ether oxygens (including phenoxy) is 1. The molecule has 3 rings (SSSR count). The normalized spacial score (nSPS) is 22.1. The van der Waals surface area contributed by atoms with Crippen molar-refractivity contribution < 1.29 is 13.2 Å². The number of aryl methyl sites for hydroxylation is 2. The van der Waals surface area contributed by atoms with Gasteiger partial charge in [-0.1, -0.05) is 19.9 Å². The first-order valence-corrected chi connectivity index (χ1v) is 10.9. The van der Waals surface area contributed by atoms with Gasteiger partial charge in [-0.2, -0.15) is 0 Å². The summed E-state index contributed by atoms with van der Waals surface area (Å²) in [6, 6.07) is 5.56. The van der Waals surface area contributed by atoms with Crippen LogP contribution in [0.4, 0.5) is 0 Å². The van der Waals surface area contributed by atoms with E-state index in [9.17, 15) is 8.42 Å². The van der Waals surface area contributed by atoms with Gasteiger partial charge in [-0.15, -0.1) is 0 Å². The number of benzene rings is 1. The third kappa shape index (κ3) is 5.03. The van der Waals surface area contributed by atoms with E-state index < -0.39 is 10.0 Å². The van der Waals surface area contributed by atoms with Crippen molar-refractivity contribution in [1.29, 1.82) is 0 Å². The van der Waals surface area contributed by atoms with Crippen LogP contribution in [0, 0.1) is 5.92 Å². The highest BCUT2D eigenvalue weighted by molar-refractivity contribution is 7.89. The topological polar surface area (TPSA) is 58.6 Å². The monoisotopic (exact) mass is 366 g/mol. The Bertz CT molecular complexity index is 688. The summed E-state index contributed by atoms with van der Waals surface area (Å²) in [5.74, 6) is 0.603. The summed E-state index contributed by atoms with van der Waals surface area (Å²) in [7, 11) is -3.48. The Morgan fingerprint density at radius 2 is 2.00 bits per heavy atom. The van der Waals surface area contributed by atoms with Crippen molar-refractivity contribution in [2.45, 2.75) is 50.5 Å². The Balaban J connectivity index is 1.60. The van der Waals surface area contributed by atoms with Gasteiger partial charge in [-0.25, -0.2) is 13.1 Å². The lowest BCUT2D eigenvalue weighted by Gasteiger charge is -2.33. The van der Waals surface area contributed by atoms with E-state index in [-0.39, 0.29) is 6.10 Å². The number of nitrogens with zero attached hydrogens (tertiary/aromatic N) is 1. The van der Waals surface area contributed by atoms with Crippen molar-refractivity contribution in [2.75, 3.05) is 32.8 Å². The molecule has 1 aromatic carbocycles. The number of hydrogen-bond acceptors (Lipinski definition) is 4. The lowest BCUT2D eigenvalue weighted by atomic mass is 9.92. The molecule has 1 atom stereocenters. The van der Waals surface area contributed by atoms with Crippen LogP contribution in [-0.2, 0) is 27.6 Å². The predicted octanol–water partition coefficient (Wildman–Crippen LogP) is 2.20. The van der Waals surface area contributed by atoms with Crippen LogP contribution in [0.3, 0.4) is 0 Å². The van der Waals surface area contributed by atoms with Gasteiger partial charge >= 0.3 is 0 Å². The fraction of sp³-hybridized carbons (Fsp3) is 0.684.